The standard InChI is InChI=1S/C30H78O9Si8.C27H68O8Si6/c1-40(2,3)29-46(35-41(4,5)6,36-42(7,8)9)23-19-21-33-27-30(25-31,26-32)28-34-22-20-24-47(37-43(10,11)12,38-44(13,14)15)39-45(16,17)18;1-36(2,3)32-40(13,33-37(4,5)6)21-17-15-19-30-25-27(23-28,24-29)26-31-20-16-18-22-41(14,34-38(7,8)9)35-39(10,11)12/h31-32H,19-29H2,1-18H3;28-29H,15-26H2,1-14H3. The zero-order chi connectivity index (χ0) is 69.5. The van der Waals surface area contributed by atoms with Crippen molar-refractivity contribution in [2.24, 2.45) is 10.8 Å². The first-order chi connectivity index (χ1) is 39.1. The smallest absolute Gasteiger partial charge is 0.437 e. The Hall–Kier alpha value is 2.36. The molecule has 0 aliphatic heterocycles. The molecule has 0 amide bonds. The van der Waals surface area contributed by atoms with Crippen molar-refractivity contribution in [1.29, 1.82) is 0 Å². The zero-order valence-corrected chi connectivity index (χ0v) is 77.4. The van der Waals surface area contributed by atoms with Gasteiger partial charge in [-0.3, -0.25) is 0 Å². The first kappa shape index (κ1) is 92.4. The highest BCUT2D eigenvalue weighted by molar-refractivity contribution is 6.97. The fourth-order valence-corrected chi connectivity index (χ4v) is 70.4. The monoisotopic (exact) mass is 1490 g/mol. The van der Waals surface area contributed by atoms with Crippen molar-refractivity contribution in [2.75, 3.05) is 79.3 Å². The third-order valence-electron chi connectivity index (χ3n) is 12.2. The lowest BCUT2D eigenvalue weighted by Gasteiger charge is -2.43. The molecule has 0 bridgehead atoms. The zero-order valence-electron chi connectivity index (χ0n) is 63.4. The molecule has 0 saturated heterocycles. The van der Waals surface area contributed by atoms with E-state index in [1.54, 1.807) is 0 Å². The fraction of sp³-hybridized carbons (Fsp3) is 1.00. The van der Waals surface area contributed by atoms with E-state index < -0.39 is 128 Å². The number of rotatable bonds is 50. The second-order valence-electron chi connectivity index (χ2n) is 35.5. The van der Waals surface area contributed by atoms with Gasteiger partial charge in [-0.15, -0.1) is 0 Å². The number of hydrogen-bond donors (Lipinski definition) is 4. The van der Waals surface area contributed by atoms with Crippen molar-refractivity contribution in [3.63, 3.8) is 0 Å². The number of aliphatic hydroxyl groups excluding tert-OH is 4. The average molecular weight is 1500 g/mol. The molecule has 0 atom stereocenters. The minimum Gasteiger partial charge on any atom is -0.437 e. The molecule has 532 valence electrons. The number of aliphatic hydroxyl groups is 4. The Morgan fingerprint density at radius 3 is 0.693 bits per heavy atom. The summed E-state index contributed by atoms with van der Waals surface area (Å²) in [5, 5.41) is 40.8. The maximum atomic E-state index is 10.3. The van der Waals surface area contributed by atoms with Crippen LogP contribution in [-0.2, 0) is 56.0 Å². The lowest BCUT2D eigenvalue weighted by molar-refractivity contribution is -0.0775. The van der Waals surface area contributed by atoms with E-state index in [1.165, 1.54) is 0 Å². The summed E-state index contributed by atoms with van der Waals surface area (Å²) in [6, 6.07) is 3.49. The molecule has 4 N–H and O–H groups in total. The highest BCUT2D eigenvalue weighted by Crippen LogP contribution is 2.35. The summed E-state index contributed by atoms with van der Waals surface area (Å²) in [5.74, 6) is 0. The SMILES string of the molecule is C[Si](C)(C)C[Si](CCCOCC(CO)(CO)COCCC[Si](O[Si](C)(C)C)(O[Si](C)(C)C)O[Si](C)(C)C)(O[Si](C)(C)C)O[Si](C)(C)C.C[Si](C)(C)O[Si](C)(CCCCOCC(CO)(CO)COCCCC[Si](C)(O[Si](C)(C)C)O[Si](C)(C)C)O[Si](C)(C)C. The number of unbranched alkanes of at least 4 members (excludes halogenated alkanes) is 2. The first-order valence-corrected chi connectivity index (χ1v) is 76.8. The van der Waals surface area contributed by atoms with Crippen molar-refractivity contribution in [3.05, 3.63) is 0 Å². The van der Waals surface area contributed by atoms with E-state index in [2.05, 4.69) is 210 Å². The number of ether oxygens (including phenoxy) is 4. The maximum Gasteiger partial charge on any atom is 0.469 e. The Morgan fingerprint density at radius 2 is 0.477 bits per heavy atom. The molecule has 0 spiro atoms. The summed E-state index contributed by atoms with van der Waals surface area (Å²) in [5.41, 5.74) is -0.585. The Bertz CT molecular complexity index is 1620. The summed E-state index contributed by atoms with van der Waals surface area (Å²) >= 11 is 0. The number of hydrogen-bond acceptors (Lipinski definition) is 17. The van der Waals surface area contributed by atoms with Gasteiger partial charge in [0.1, 0.15) is 0 Å². The van der Waals surface area contributed by atoms with Crippen molar-refractivity contribution >= 4 is 117 Å². The van der Waals surface area contributed by atoms with E-state index in [0.29, 0.717) is 32.5 Å². The molecule has 31 heteroatoms. The van der Waals surface area contributed by atoms with Gasteiger partial charge in [-0.05, 0) is 252 Å². The summed E-state index contributed by atoms with van der Waals surface area (Å²) in [4.78, 5) is 0. The van der Waals surface area contributed by atoms with Gasteiger partial charge >= 0.3 is 34.5 Å². The molecule has 0 aliphatic rings. The van der Waals surface area contributed by atoms with Crippen LogP contribution in [0.4, 0.5) is 0 Å². The molecule has 0 aliphatic carbocycles. The molecule has 88 heavy (non-hydrogen) atoms. The van der Waals surface area contributed by atoms with Crippen LogP contribution >= 0.6 is 0 Å². The average Bonchev–Trinajstić information content (AvgIpc) is 3.23. The van der Waals surface area contributed by atoms with Gasteiger partial charge < -0.3 is 76.4 Å². The van der Waals surface area contributed by atoms with Crippen LogP contribution in [0.2, 0.25) is 239 Å². The fourth-order valence-electron chi connectivity index (χ4n) is 10.5. The third kappa shape index (κ3) is 49.8. The van der Waals surface area contributed by atoms with Crippen LogP contribution in [0.25, 0.3) is 0 Å². The van der Waals surface area contributed by atoms with E-state index in [4.69, 9.17) is 56.0 Å². The lowest BCUT2D eigenvalue weighted by atomic mass is 9.92. The van der Waals surface area contributed by atoms with Crippen LogP contribution in [0.1, 0.15) is 38.5 Å². The second kappa shape index (κ2) is 38.6. The van der Waals surface area contributed by atoms with Gasteiger partial charge in [-0.1, -0.05) is 19.6 Å². The van der Waals surface area contributed by atoms with Gasteiger partial charge in [0, 0.05) is 40.5 Å². The highest BCUT2D eigenvalue weighted by Gasteiger charge is 2.51. The largest absolute Gasteiger partial charge is 0.469 e. The van der Waals surface area contributed by atoms with Gasteiger partial charge in [0.05, 0.1) is 63.7 Å². The highest BCUT2D eigenvalue weighted by atomic mass is 28.5. The summed E-state index contributed by atoms with van der Waals surface area (Å²) in [6.07, 6.45) is 5.29. The van der Waals surface area contributed by atoms with Crippen molar-refractivity contribution in [1.82, 2.24) is 0 Å². The van der Waals surface area contributed by atoms with Crippen molar-refractivity contribution in [3.8, 4) is 0 Å². The molecular weight excluding hydrogens is 1350 g/mol. The molecule has 0 unspecified atom stereocenters. The molecule has 0 aromatic rings. The normalized spacial score (nSPS) is 14.9. The van der Waals surface area contributed by atoms with Crippen LogP contribution in [0.3, 0.4) is 0 Å². The quantitative estimate of drug-likeness (QED) is 0.0331. The molecule has 0 rings (SSSR count). The minimum atomic E-state index is -2.93. The van der Waals surface area contributed by atoms with Crippen LogP contribution in [0, 0.1) is 10.8 Å². The first-order valence-electron chi connectivity index (χ1n) is 33.2. The predicted octanol–water partition coefficient (Wildman–Crippen LogP) is 15.4. The minimum absolute atomic E-state index is 0.179. The van der Waals surface area contributed by atoms with Crippen molar-refractivity contribution in [2.45, 2.75) is 278 Å². The van der Waals surface area contributed by atoms with E-state index in [-0.39, 0.29) is 52.9 Å². The van der Waals surface area contributed by atoms with E-state index >= 15 is 0 Å². The Labute approximate surface area is 557 Å². The van der Waals surface area contributed by atoms with Gasteiger partial charge in [-0.25, -0.2) is 0 Å². The van der Waals surface area contributed by atoms with Gasteiger partial charge in [-0.2, -0.15) is 0 Å². The molecule has 0 aromatic carbocycles. The summed E-state index contributed by atoms with van der Waals surface area (Å²) in [6.45, 7) is 74.0. The Balaban J connectivity index is 0. The topological polar surface area (TPSA) is 201 Å². The van der Waals surface area contributed by atoms with Gasteiger partial charge in [0.25, 0.3) is 0 Å². The summed E-state index contributed by atoms with van der Waals surface area (Å²) in [7, 11) is -27.6. The van der Waals surface area contributed by atoms with E-state index in [1.807, 2.05) is 0 Å². The van der Waals surface area contributed by atoms with Crippen LogP contribution in [-0.4, -0.2) is 217 Å². The molecule has 0 aromatic heterocycles. The van der Waals surface area contributed by atoms with Gasteiger partial charge in [0.2, 0.25) is 0 Å². The lowest BCUT2D eigenvalue weighted by Crippen LogP contribution is -2.60. The van der Waals surface area contributed by atoms with Crippen LogP contribution in [0.5, 0.6) is 0 Å². The Kier molecular flexibility index (Phi) is 40.6. The van der Waals surface area contributed by atoms with Crippen molar-refractivity contribution < 1.29 is 76.4 Å². The van der Waals surface area contributed by atoms with E-state index in [0.717, 1.165) is 62.3 Å². The molecule has 0 saturated carbocycles. The summed E-state index contributed by atoms with van der Waals surface area (Å²) < 4.78 is 84.9. The van der Waals surface area contributed by atoms with Crippen LogP contribution < -0.4 is 0 Å². The second-order valence-corrected chi connectivity index (χ2v) is 97.1. The Morgan fingerprint density at radius 1 is 0.250 bits per heavy atom. The molecule has 17 nitrogen and oxygen atoms in total. The molecule has 0 fully saturated rings. The molecule has 0 heterocycles. The van der Waals surface area contributed by atoms with Gasteiger partial charge in [0.15, 0.2) is 74.9 Å². The molecular formula is C57H146O17Si14. The van der Waals surface area contributed by atoms with E-state index in [9.17, 15) is 20.4 Å². The maximum absolute atomic E-state index is 10.3. The molecule has 0 radical (unpaired) electrons. The van der Waals surface area contributed by atoms with Crippen LogP contribution in [0.15, 0.2) is 0 Å². The predicted molar refractivity (Wildman–Crippen MR) is 406 cm³/mol. The third-order valence-corrected chi connectivity index (χ3v) is 58.9.